The third kappa shape index (κ3) is 5.52. The van der Waals surface area contributed by atoms with Crippen molar-refractivity contribution >= 4 is 157 Å². The van der Waals surface area contributed by atoms with Gasteiger partial charge in [0.25, 0.3) is 0 Å². The molecule has 0 saturated heterocycles. The molecule has 0 aliphatic carbocycles. The van der Waals surface area contributed by atoms with Gasteiger partial charge in [-0.3, -0.25) is 0 Å². The SMILES string of the molecule is c1ccc(N2c3cc4c(cc3B3c5c(cc6c7ccccc7n(-c7ccccc7)c6c52)-c2cccc5c6ccccc6n3c25)B2c3c(cc5c6ccccc6n(-c6ccccc6)c5c3N4c3ccccc3)-c3cccc4c5ccccc5n2c34)cc1. The zero-order valence-corrected chi connectivity index (χ0v) is 46.4. The number of rotatable bonds is 4. The van der Waals surface area contributed by atoms with Gasteiger partial charge >= 0.3 is 13.7 Å². The average molecular weight is 1090 g/mol. The van der Waals surface area contributed by atoms with E-state index in [-0.39, 0.29) is 13.7 Å². The maximum Gasteiger partial charge on any atom is 0.333 e. The highest BCUT2D eigenvalue weighted by molar-refractivity contribution is 6.93. The lowest BCUT2D eigenvalue weighted by Crippen LogP contribution is -2.61. The van der Waals surface area contributed by atoms with Gasteiger partial charge in [-0.1, -0.05) is 188 Å². The fourth-order valence-electron chi connectivity index (χ4n) is 16.7. The van der Waals surface area contributed by atoms with Crippen LogP contribution < -0.4 is 31.7 Å². The van der Waals surface area contributed by atoms with Gasteiger partial charge in [0.2, 0.25) is 0 Å². The van der Waals surface area contributed by atoms with Crippen molar-refractivity contribution in [1.82, 2.24) is 18.1 Å². The zero-order chi connectivity index (χ0) is 55.6. The van der Waals surface area contributed by atoms with Crippen LogP contribution in [-0.4, -0.2) is 31.8 Å². The summed E-state index contributed by atoms with van der Waals surface area (Å²) in [7, 11) is 0. The number of aromatic nitrogens is 4. The Bertz CT molecular complexity index is 5500. The minimum absolute atomic E-state index is 0.226. The molecule has 0 N–H and O–H groups in total. The van der Waals surface area contributed by atoms with Gasteiger partial charge in [-0.15, -0.1) is 0 Å². The molecule has 0 amide bonds. The third-order valence-electron chi connectivity index (χ3n) is 19.8. The molecule has 0 unspecified atom stereocenters. The molecule has 21 rings (SSSR count). The Balaban J connectivity index is 0.996. The van der Waals surface area contributed by atoms with Crippen LogP contribution >= 0.6 is 0 Å². The van der Waals surface area contributed by atoms with Gasteiger partial charge in [-0.25, -0.2) is 0 Å². The van der Waals surface area contributed by atoms with Crippen LogP contribution in [0.5, 0.6) is 0 Å². The summed E-state index contributed by atoms with van der Waals surface area (Å²) in [5, 5.41) is 10.0. The summed E-state index contributed by atoms with van der Waals surface area (Å²) < 4.78 is 10.6. The average Bonchev–Trinajstić information content (AvgIpc) is 1.52. The molecule has 86 heavy (non-hydrogen) atoms. The second-order valence-electron chi connectivity index (χ2n) is 23.8. The van der Waals surface area contributed by atoms with Crippen LogP contribution in [0.4, 0.5) is 34.1 Å². The first-order valence-corrected chi connectivity index (χ1v) is 30.0. The van der Waals surface area contributed by atoms with E-state index >= 15 is 0 Å². The first-order valence-electron chi connectivity index (χ1n) is 30.0. The molecule has 6 nitrogen and oxygen atoms in total. The first kappa shape index (κ1) is 45.3. The summed E-state index contributed by atoms with van der Waals surface area (Å²) in [6, 6.07) is 105. The van der Waals surface area contributed by atoms with Crippen LogP contribution in [0.25, 0.3) is 121 Å². The molecule has 394 valence electrons. The lowest BCUT2D eigenvalue weighted by Gasteiger charge is -2.45. The molecule has 4 aromatic heterocycles. The minimum atomic E-state index is -0.226. The molecular formula is C78H46B2N6. The van der Waals surface area contributed by atoms with E-state index in [2.05, 4.69) is 307 Å². The topological polar surface area (TPSA) is 26.2 Å². The van der Waals surface area contributed by atoms with Crippen molar-refractivity contribution in [1.29, 1.82) is 0 Å². The Morgan fingerprint density at radius 2 is 0.570 bits per heavy atom. The maximum atomic E-state index is 2.74. The van der Waals surface area contributed by atoms with Gasteiger partial charge in [0.05, 0.1) is 33.4 Å². The second kappa shape index (κ2) is 16.3. The maximum absolute atomic E-state index is 2.74. The minimum Gasteiger partial charge on any atom is -0.375 e. The standard InChI is InChI=1S/C78H46B2N6/c1-5-23-47(24-6-1)81-65-39-17-13-33-53(65)61-43-59-57-37-21-35-55-51-31-15-19-41-67(51)85(73(55)57)79-63-45-64-70(46-69(63)83(49-27-9-3-10-28-49)77(71(59)79)75(61)81)84(50-29-11-4-12-30-50)78-72-60(58-38-22-36-56-52-32-16-20-42-68(52)86(74(56)58)80(64)72)44-62-54-34-14-18-40-66(54)82(76(62)78)48-25-7-2-8-26-48/h1-46H. The fraction of sp³-hybridized carbons (Fsp3) is 0. The lowest BCUT2D eigenvalue weighted by atomic mass is 9.41. The predicted molar refractivity (Wildman–Crippen MR) is 362 cm³/mol. The van der Waals surface area contributed by atoms with Crippen molar-refractivity contribution in [3.63, 3.8) is 0 Å². The second-order valence-corrected chi connectivity index (χ2v) is 23.8. The van der Waals surface area contributed by atoms with Crippen molar-refractivity contribution in [3.8, 4) is 33.6 Å². The number of hydrogen-bond acceptors (Lipinski definition) is 2. The first-order chi connectivity index (χ1) is 42.8. The number of hydrogen-bond donors (Lipinski definition) is 0. The van der Waals surface area contributed by atoms with Crippen molar-refractivity contribution in [2.24, 2.45) is 0 Å². The normalized spacial score (nSPS) is 13.5. The molecule has 0 atom stereocenters. The van der Waals surface area contributed by atoms with Gasteiger partial charge in [-0.2, -0.15) is 0 Å². The Kier molecular flexibility index (Phi) is 8.60. The molecular weight excluding hydrogens is 1040 g/mol. The van der Waals surface area contributed by atoms with Crippen LogP contribution in [0.2, 0.25) is 0 Å². The highest BCUT2D eigenvalue weighted by atomic mass is 15.2. The fourth-order valence-corrected chi connectivity index (χ4v) is 16.7. The molecule has 0 radical (unpaired) electrons. The third-order valence-corrected chi connectivity index (χ3v) is 19.8. The van der Waals surface area contributed by atoms with E-state index in [9.17, 15) is 0 Å². The highest BCUT2D eigenvalue weighted by Crippen LogP contribution is 2.54. The summed E-state index contributed by atoms with van der Waals surface area (Å²) in [6.45, 7) is -0.453. The van der Waals surface area contributed by atoms with E-state index in [0.717, 1.165) is 34.1 Å². The molecule has 0 fully saturated rings. The monoisotopic (exact) mass is 1090 g/mol. The van der Waals surface area contributed by atoms with Crippen molar-refractivity contribution < 1.29 is 0 Å². The Morgan fingerprint density at radius 3 is 0.977 bits per heavy atom. The molecule has 0 bridgehead atoms. The number of anilines is 6. The van der Waals surface area contributed by atoms with E-state index in [1.165, 1.54) is 143 Å². The smallest absolute Gasteiger partial charge is 0.333 e. The summed E-state index contributed by atoms with van der Waals surface area (Å²) in [6.07, 6.45) is 0. The van der Waals surface area contributed by atoms with Crippen LogP contribution in [0.3, 0.4) is 0 Å². The van der Waals surface area contributed by atoms with E-state index in [1.54, 1.807) is 0 Å². The summed E-state index contributed by atoms with van der Waals surface area (Å²) in [5.74, 6) is 0. The largest absolute Gasteiger partial charge is 0.375 e. The quantitative estimate of drug-likeness (QED) is 0.164. The van der Waals surface area contributed by atoms with Gasteiger partial charge in [0.1, 0.15) is 0 Å². The van der Waals surface area contributed by atoms with Gasteiger partial charge < -0.3 is 27.9 Å². The molecule has 8 heteroatoms. The van der Waals surface area contributed by atoms with Crippen molar-refractivity contribution in [3.05, 3.63) is 279 Å². The highest BCUT2D eigenvalue weighted by Gasteiger charge is 2.50. The summed E-state index contributed by atoms with van der Waals surface area (Å²) in [5.41, 5.74) is 29.2. The number of para-hydroxylation sites is 10. The molecule has 8 heterocycles. The number of benzene rings is 13. The van der Waals surface area contributed by atoms with E-state index < -0.39 is 0 Å². The lowest BCUT2D eigenvalue weighted by molar-refractivity contribution is 1.16. The molecule has 4 aliphatic rings. The van der Waals surface area contributed by atoms with Crippen molar-refractivity contribution in [2.45, 2.75) is 0 Å². The van der Waals surface area contributed by atoms with Gasteiger partial charge in [0.15, 0.2) is 0 Å². The van der Waals surface area contributed by atoms with Crippen LogP contribution in [0, 0.1) is 0 Å². The Labute approximate surface area is 494 Å². The van der Waals surface area contributed by atoms with Crippen LogP contribution in [0.15, 0.2) is 279 Å². The Hall–Kier alpha value is -11.2. The number of nitrogens with zero attached hydrogens (tertiary/aromatic N) is 6. The van der Waals surface area contributed by atoms with Crippen molar-refractivity contribution in [2.75, 3.05) is 9.80 Å². The van der Waals surface area contributed by atoms with Crippen LogP contribution in [0.1, 0.15) is 0 Å². The van der Waals surface area contributed by atoms with E-state index in [1.807, 2.05) is 0 Å². The molecule has 13 aromatic carbocycles. The zero-order valence-electron chi connectivity index (χ0n) is 46.4. The molecule has 0 saturated carbocycles. The van der Waals surface area contributed by atoms with E-state index in [0.29, 0.717) is 0 Å². The van der Waals surface area contributed by atoms with Gasteiger partial charge in [-0.05, 0) is 124 Å². The van der Waals surface area contributed by atoms with Crippen LogP contribution in [-0.2, 0) is 0 Å². The molecule has 0 spiro atoms. The summed E-state index contributed by atoms with van der Waals surface area (Å²) in [4.78, 5) is 5.32. The Morgan fingerprint density at radius 1 is 0.233 bits per heavy atom. The number of fused-ring (bicyclic) bond motifs is 22. The summed E-state index contributed by atoms with van der Waals surface area (Å²) >= 11 is 0. The molecule has 17 aromatic rings. The predicted octanol–water partition coefficient (Wildman–Crippen LogP) is 16.9. The molecule has 4 aliphatic heterocycles. The van der Waals surface area contributed by atoms with E-state index in [4.69, 9.17) is 0 Å². The van der Waals surface area contributed by atoms with Gasteiger partial charge in [0, 0.05) is 110 Å².